The predicted molar refractivity (Wildman–Crippen MR) is 148 cm³/mol. The van der Waals surface area contributed by atoms with Crippen LogP contribution in [0.15, 0.2) is 79.3 Å². The molecule has 1 aliphatic heterocycles. The van der Waals surface area contributed by atoms with Crippen molar-refractivity contribution in [3.63, 3.8) is 0 Å². The first-order valence-electron chi connectivity index (χ1n) is 14.0. The highest BCUT2D eigenvalue weighted by molar-refractivity contribution is 5.76. The van der Waals surface area contributed by atoms with Crippen LogP contribution in [-0.4, -0.2) is 63.9 Å². The molecule has 0 bridgehead atoms. The maximum atomic E-state index is 7.64. The lowest BCUT2D eigenvalue weighted by atomic mass is 10.0. The Morgan fingerprint density at radius 2 is 1.64 bits per heavy atom. The smallest absolute Gasteiger partial charge is 0.127 e. The number of piperazine rings is 1. The third-order valence-corrected chi connectivity index (χ3v) is 6.78. The molecule has 0 radical (unpaired) electrons. The Morgan fingerprint density at radius 3 is 2.33 bits per heavy atom. The first kappa shape index (κ1) is 20.6. The van der Waals surface area contributed by atoms with E-state index in [0.717, 1.165) is 55.0 Å². The minimum atomic E-state index is -2.36. The van der Waals surface area contributed by atoms with E-state index in [0.29, 0.717) is 17.4 Å². The van der Waals surface area contributed by atoms with Crippen molar-refractivity contribution in [3.05, 3.63) is 84.8 Å². The number of hydrogen-bond acceptors (Lipinski definition) is 6. The van der Waals surface area contributed by atoms with Gasteiger partial charge in [-0.05, 0) is 60.9 Å². The fraction of sp³-hybridized carbons (Fsp3) is 0.300. The van der Waals surface area contributed by atoms with Gasteiger partial charge in [0.25, 0.3) is 0 Å². The van der Waals surface area contributed by atoms with Gasteiger partial charge >= 0.3 is 0 Å². The summed E-state index contributed by atoms with van der Waals surface area (Å²) < 4.78 is 22.9. The normalized spacial score (nSPS) is 16.4. The van der Waals surface area contributed by atoms with Crippen LogP contribution < -0.4 is 5.32 Å². The van der Waals surface area contributed by atoms with E-state index < -0.39 is 6.98 Å². The van der Waals surface area contributed by atoms with Crippen LogP contribution in [-0.2, 0) is 6.54 Å². The van der Waals surface area contributed by atoms with Crippen LogP contribution in [0.2, 0.25) is 0 Å². The van der Waals surface area contributed by atoms with E-state index in [2.05, 4.69) is 74.2 Å². The molecular formula is C30H34N6. The third kappa shape index (κ3) is 5.61. The molecule has 184 valence electrons. The number of hydrogen-bond donors (Lipinski definition) is 1. The summed E-state index contributed by atoms with van der Waals surface area (Å²) in [6, 6.07) is 20.6. The summed E-state index contributed by atoms with van der Waals surface area (Å²) in [5, 5.41) is 2.53. The van der Waals surface area contributed by atoms with Crippen LogP contribution >= 0.6 is 0 Å². The molecule has 36 heavy (non-hydrogen) atoms. The molecule has 1 aromatic carbocycles. The third-order valence-electron chi connectivity index (χ3n) is 6.78. The summed E-state index contributed by atoms with van der Waals surface area (Å²) in [6.45, 7) is 7.55. The van der Waals surface area contributed by atoms with E-state index in [1.165, 1.54) is 5.56 Å². The molecule has 6 nitrogen and oxygen atoms in total. The van der Waals surface area contributed by atoms with Gasteiger partial charge in [-0.3, -0.25) is 19.8 Å². The molecule has 0 aliphatic carbocycles. The molecule has 6 heteroatoms. The van der Waals surface area contributed by atoms with Crippen molar-refractivity contribution in [3.8, 4) is 33.6 Å². The summed E-state index contributed by atoms with van der Waals surface area (Å²) in [7, 11) is 0. The second-order valence-corrected chi connectivity index (χ2v) is 9.53. The van der Waals surface area contributed by atoms with Crippen molar-refractivity contribution in [2.45, 2.75) is 26.4 Å². The monoisotopic (exact) mass is 481 g/mol. The van der Waals surface area contributed by atoms with Crippen LogP contribution in [0.25, 0.3) is 33.6 Å². The van der Waals surface area contributed by atoms with Crippen molar-refractivity contribution in [1.82, 2.24) is 24.8 Å². The van der Waals surface area contributed by atoms with Gasteiger partial charge in [-0.1, -0.05) is 30.3 Å². The summed E-state index contributed by atoms with van der Waals surface area (Å²) in [4.78, 5) is 18.5. The average molecular weight is 482 g/mol. The lowest BCUT2D eigenvalue weighted by Crippen LogP contribution is -2.48. The number of nitrogens with zero attached hydrogens (tertiary/aromatic N) is 5. The molecule has 0 unspecified atom stereocenters. The highest BCUT2D eigenvalue weighted by atomic mass is 15.3. The van der Waals surface area contributed by atoms with Gasteiger partial charge < -0.3 is 5.32 Å². The maximum absolute atomic E-state index is 7.64. The van der Waals surface area contributed by atoms with Crippen LogP contribution in [0.4, 0.5) is 5.82 Å². The molecule has 0 atom stereocenters. The average Bonchev–Trinajstić information content (AvgIpc) is 2.93. The van der Waals surface area contributed by atoms with Gasteiger partial charge in [0.05, 0.1) is 11.4 Å². The van der Waals surface area contributed by atoms with Crippen molar-refractivity contribution >= 4 is 5.82 Å². The predicted octanol–water partition coefficient (Wildman–Crippen LogP) is 5.44. The van der Waals surface area contributed by atoms with E-state index in [-0.39, 0.29) is 5.82 Å². The van der Waals surface area contributed by atoms with Gasteiger partial charge in [0.15, 0.2) is 0 Å². The number of nitrogens with one attached hydrogen (secondary N) is 1. The number of pyridine rings is 3. The molecule has 3 aromatic heterocycles. The lowest BCUT2D eigenvalue weighted by Gasteiger charge is -2.36. The molecular weight excluding hydrogens is 444 g/mol. The topological polar surface area (TPSA) is 57.2 Å². The molecule has 0 amide bonds. The van der Waals surface area contributed by atoms with Crippen molar-refractivity contribution < 1.29 is 4.11 Å². The Balaban J connectivity index is 1.37. The number of rotatable bonds is 7. The van der Waals surface area contributed by atoms with Gasteiger partial charge in [0, 0.05) is 79.6 Å². The second kappa shape index (κ2) is 11.0. The Hall–Kier alpha value is -3.61. The molecule has 1 aliphatic rings. The van der Waals surface area contributed by atoms with E-state index in [1.807, 2.05) is 30.5 Å². The van der Waals surface area contributed by atoms with Gasteiger partial charge in [0.2, 0.25) is 0 Å². The fourth-order valence-corrected chi connectivity index (χ4v) is 4.66. The van der Waals surface area contributed by atoms with E-state index in [1.54, 1.807) is 18.5 Å². The SMILES string of the molecule is [2H]C([2H])([2H])Nc1cc(-c2cncc(-c3ccc(CN4CCN(C(C)C)CC4)cc3)c2)cc(-c2ccccn2)n1. The fourth-order valence-electron chi connectivity index (χ4n) is 4.66. The minimum absolute atomic E-state index is 0.261. The molecule has 5 rings (SSSR count). The summed E-state index contributed by atoms with van der Waals surface area (Å²) in [5.41, 5.74) is 6.30. The first-order valence-corrected chi connectivity index (χ1v) is 12.5. The van der Waals surface area contributed by atoms with Crippen LogP contribution in [0.1, 0.15) is 23.5 Å². The Labute approximate surface area is 218 Å². The number of anilines is 1. The van der Waals surface area contributed by atoms with Gasteiger partial charge in [-0.2, -0.15) is 0 Å². The van der Waals surface area contributed by atoms with Crippen molar-refractivity contribution in [2.75, 3.05) is 38.5 Å². The minimum Gasteiger partial charge on any atom is -0.373 e. The van der Waals surface area contributed by atoms with Gasteiger partial charge in [-0.25, -0.2) is 4.98 Å². The molecule has 1 N–H and O–H groups in total. The highest BCUT2D eigenvalue weighted by Crippen LogP contribution is 2.29. The van der Waals surface area contributed by atoms with Crippen molar-refractivity contribution in [2.24, 2.45) is 0 Å². The molecule has 0 saturated carbocycles. The largest absolute Gasteiger partial charge is 0.373 e. The number of aromatic nitrogens is 3. The van der Waals surface area contributed by atoms with Crippen LogP contribution in [0, 0.1) is 0 Å². The summed E-state index contributed by atoms with van der Waals surface area (Å²) in [5.74, 6) is 0.261. The second-order valence-electron chi connectivity index (χ2n) is 9.53. The highest BCUT2D eigenvalue weighted by Gasteiger charge is 2.18. The lowest BCUT2D eigenvalue weighted by molar-refractivity contribution is 0.104. The maximum Gasteiger partial charge on any atom is 0.127 e. The van der Waals surface area contributed by atoms with E-state index in [4.69, 9.17) is 4.11 Å². The quantitative estimate of drug-likeness (QED) is 0.379. The summed E-state index contributed by atoms with van der Waals surface area (Å²) >= 11 is 0. The number of benzene rings is 1. The Bertz CT molecular complexity index is 1380. The van der Waals surface area contributed by atoms with Crippen molar-refractivity contribution in [1.29, 1.82) is 0 Å². The van der Waals surface area contributed by atoms with E-state index >= 15 is 0 Å². The van der Waals surface area contributed by atoms with Gasteiger partial charge in [-0.15, -0.1) is 0 Å². The molecule has 1 fully saturated rings. The molecule has 1 saturated heterocycles. The summed E-state index contributed by atoms with van der Waals surface area (Å²) in [6.07, 6.45) is 5.33. The van der Waals surface area contributed by atoms with Crippen LogP contribution in [0.3, 0.4) is 0 Å². The Kier molecular flexibility index (Phi) is 6.27. The zero-order chi connectivity index (χ0) is 27.4. The zero-order valence-corrected chi connectivity index (χ0v) is 20.9. The zero-order valence-electron chi connectivity index (χ0n) is 23.9. The Morgan fingerprint density at radius 1 is 0.861 bits per heavy atom. The van der Waals surface area contributed by atoms with E-state index in [9.17, 15) is 0 Å². The molecule has 4 heterocycles. The van der Waals surface area contributed by atoms with Crippen LogP contribution in [0.5, 0.6) is 0 Å². The standard InChI is InChI=1S/C30H34N6/c1-22(2)36-14-12-35(13-15-36)21-23-7-9-24(10-8-23)26-16-27(20-32-19-26)25-17-29(34-30(18-25)31-3)28-6-4-5-11-33-28/h4-11,16-20,22H,12-15,21H2,1-3H3,(H,31,34)/i3D3. The molecule has 0 spiro atoms. The van der Waals surface area contributed by atoms with Gasteiger partial charge in [0.1, 0.15) is 5.82 Å². The molecule has 4 aromatic rings. The first-order chi connectivity index (χ1) is 18.7.